The second-order valence-corrected chi connectivity index (χ2v) is 5.39. The van der Waals surface area contributed by atoms with E-state index in [1.807, 2.05) is 26.8 Å². The fourth-order valence-electron chi connectivity index (χ4n) is 2.37. The number of hydrogen-bond acceptors (Lipinski definition) is 4. The second kappa shape index (κ2) is 7.54. The van der Waals surface area contributed by atoms with E-state index in [1.165, 1.54) is 7.11 Å². The maximum atomic E-state index is 12.1. The van der Waals surface area contributed by atoms with Gasteiger partial charge in [0.1, 0.15) is 11.5 Å². The Kier molecular flexibility index (Phi) is 5.47. The molecule has 0 fully saturated rings. The Morgan fingerprint density at radius 3 is 2.38 bits per heavy atom. The molecule has 1 heterocycles. The van der Waals surface area contributed by atoms with Gasteiger partial charge in [0.2, 0.25) is 0 Å². The lowest BCUT2D eigenvalue weighted by molar-refractivity contribution is 0.187. The van der Waals surface area contributed by atoms with Crippen molar-refractivity contribution in [3.05, 3.63) is 47.4 Å². The summed E-state index contributed by atoms with van der Waals surface area (Å²) in [6, 6.07) is 8.12. The average molecular weight is 331 g/mol. The van der Waals surface area contributed by atoms with Crippen LogP contribution in [0.1, 0.15) is 30.0 Å². The molecule has 1 aromatic heterocycles. The van der Waals surface area contributed by atoms with Gasteiger partial charge in [-0.1, -0.05) is 6.07 Å². The topological polar surface area (TPSA) is 92.6 Å². The number of furan rings is 1. The lowest BCUT2D eigenvalue weighted by Gasteiger charge is -2.14. The standard InChI is InChI=1S/C17H21N3O4/c1-10-8-15(12(3)24-10)11(2)18-16(21)19-13-6-5-7-14(9-13)20-17(22)23-4/h5-9,11H,1-4H3,(H,20,22)(H2,18,19,21). The van der Waals surface area contributed by atoms with Crippen LogP contribution >= 0.6 is 0 Å². The van der Waals surface area contributed by atoms with Gasteiger partial charge in [-0.2, -0.15) is 0 Å². The summed E-state index contributed by atoms with van der Waals surface area (Å²) in [5, 5.41) is 8.11. The number of carbonyl (C=O) groups is 2. The van der Waals surface area contributed by atoms with E-state index in [0.29, 0.717) is 11.4 Å². The van der Waals surface area contributed by atoms with E-state index in [1.54, 1.807) is 24.3 Å². The first kappa shape index (κ1) is 17.4. The highest BCUT2D eigenvalue weighted by Gasteiger charge is 2.15. The Hall–Kier alpha value is -2.96. The van der Waals surface area contributed by atoms with Crippen LogP contribution in [-0.2, 0) is 4.74 Å². The smallest absolute Gasteiger partial charge is 0.411 e. The lowest BCUT2D eigenvalue weighted by atomic mass is 10.1. The number of carbonyl (C=O) groups excluding carboxylic acids is 2. The van der Waals surface area contributed by atoms with Gasteiger partial charge in [0.25, 0.3) is 0 Å². The van der Waals surface area contributed by atoms with Crippen molar-refractivity contribution in [2.45, 2.75) is 26.8 Å². The van der Waals surface area contributed by atoms with Crippen LogP contribution in [0.15, 0.2) is 34.7 Å². The molecule has 7 heteroatoms. The number of amides is 3. The summed E-state index contributed by atoms with van der Waals surface area (Å²) >= 11 is 0. The van der Waals surface area contributed by atoms with E-state index in [0.717, 1.165) is 17.1 Å². The molecule has 0 aliphatic rings. The highest BCUT2D eigenvalue weighted by Crippen LogP contribution is 2.21. The van der Waals surface area contributed by atoms with Gasteiger partial charge in [-0.15, -0.1) is 0 Å². The molecule has 1 atom stereocenters. The zero-order chi connectivity index (χ0) is 17.7. The molecule has 0 radical (unpaired) electrons. The molecule has 3 N–H and O–H groups in total. The summed E-state index contributed by atoms with van der Waals surface area (Å²) in [6.07, 6.45) is -0.573. The van der Waals surface area contributed by atoms with Crippen LogP contribution in [0, 0.1) is 13.8 Å². The minimum atomic E-state index is -0.573. The van der Waals surface area contributed by atoms with Gasteiger partial charge >= 0.3 is 12.1 Å². The summed E-state index contributed by atoms with van der Waals surface area (Å²) in [4.78, 5) is 23.3. The van der Waals surface area contributed by atoms with Gasteiger partial charge in [0.15, 0.2) is 0 Å². The molecule has 2 aromatic rings. The number of ether oxygens (including phenoxy) is 1. The van der Waals surface area contributed by atoms with Crippen molar-refractivity contribution in [2.24, 2.45) is 0 Å². The molecule has 0 saturated carbocycles. The third kappa shape index (κ3) is 4.52. The molecular weight excluding hydrogens is 310 g/mol. The van der Waals surface area contributed by atoms with E-state index >= 15 is 0 Å². The van der Waals surface area contributed by atoms with E-state index in [9.17, 15) is 9.59 Å². The van der Waals surface area contributed by atoms with Gasteiger partial charge in [-0.3, -0.25) is 5.32 Å². The lowest BCUT2D eigenvalue weighted by Crippen LogP contribution is -2.31. The van der Waals surface area contributed by atoms with Crippen LogP contribution < -0.4 is 16.0 Å². The maximum absolute atomic E-state index is 12.1. The van der Waals surface area contributed by atoms with Gasteiger partial charge in [0, 0.05) is 16.9 Å². The summed E-state index contributed by atoms with van der Waals surface area (Å²) < 4.78 is 10.0. The Bertz CT molecular complexity index is 739. The van der Waals surface area contributed by atoms with Gasteiger partial charge < -0.3 is 19.8 Å². The summed E-state index contributed by atoms with van der Waals surface area (Å²) in [5.74, 6) is 1.59. The molecule has 0 aliphatic carbocycles. The molecule has 1 aromatic carbocycles. The number of rotatable bonds is 4. The van der Waals surface area contributed by atoms with Crippen LogP contribution in [0.5, 0.6) is 0 Å². The van der Waals surface area contributed by atoms with Gasteiger partial charge in [-0.25, -0.2) is 9.59 Å². The van der Waals surface area contributed by atoms with E-state index in [-0.39, 0.29) is 12.1 Å². The third-order valence-corrected chi connectivity index (χ3v) is 3.45. The number of hydrogen-bond donors (Lipinski definition) is 3. The normalized spacial score (nSPS) is 11.5. The van der Waals surface area contributed by atoms with Crippen LogP contribution in [-0.4, -0.2) is 19.2 Å². The molecule has 2 rings (SSSR count). The monoisotopic (exact) mass is 331 g/mol. The number of benzene rings is 1. The largest absolute Gasteiger partial charge is 0.466 e. The predicted molar refractivity (Wildman–Crippen MR) is 91.2 cm³/mol. The van der Waals surface area contributed by atoms with Crippen molar-refractivity contribution in [1.82, 2.24) is 5.32 Å². The summed E-state index contributed by atoms with van der Waals surface area (Å²) in [7, 11) is 1.28. The Morgan fingerprint density at radius 1 is 1.12 bits per heavy atom. The molecule has 1 unspecified atom stereocenters. The minimum absolute atomic E-state index is 0.196. The zero-order valence-corrected chi connectivity index (χ0v) is 14.1. The Labute approximate surface area is 140 Å². The van der Waals surface area contributed by atoms with Crippen LogP contribution in [0.4, 0.5) is 21.0 Å². The fourth-order valence-corrected chi connectivity index (χ4v) is 2.37. The van der Waals surface area contributed by atoms with Crippen molar-refractivity contribution in [3.8, 4) is 0 Å². The highest BCUT2D eigenvalue weighted by molar-refractivity contribution is 5.91. The summed E-state index contributed by atoms with van der Waals surface area (Å²) in [6.45, 7) is 5.61. The van der Waals surface area contributed by atoms with Crippen molar-refractivity contribution < 1.29 is 18.7 Å². The molecule has 128 valence electrons. The minimum Gasteiger partial charge on any atom is -0.466 e. The molecule has 0 bridgehead atoms. The third-order valence-electron chi connectivity index (χ3n) is 3.45. The first-order chi connectivity index (χ1) is 11.4. The molecule has 24 heavy (non-hydrogen) atoms. The SMILES string of the molecule is COC(=O)Nc1cccc(NC(=O)NC(C)c2cc(C)oc2C)c1. The first-order valence-electron chi connectivity index (χ1n) is 7.48. The molecule has 0 spiro atoms. The predicted octanol–water partition coefficient (Wildman–Crippen LogP) is 3.96. The van der Waals surface area contributed by atoms with E-state index in [2.05, 4.69) is 20.7 Å². The first-order valence-corrected chi connectivity index (χ1v) is 7.48. The number of nitrogens with one attached hydrogen (secondary N) is 3. The van der Waals surface area contributed by atoms with Gasteiger partial charge in [0.05, 0.1) is 13.2 Å². The Balaban J connectivity index is 1.98. The molecule has 0 aliphatic heterocycles. The maximum Gasteiger partial charge on any atom is 0.411 e. The fraction of sp³-hybridized carbons (Fsp3) is 0.294. The average Bonchev–Trinajstić information content (AvgIpc) is 2.86. The highest BCUT2D eigenvalue weighted by atomic mass is 16.5. The van der Waals surface area contributed by atoms with Crippen molar-refractivity contribution in [1.29, 1.82) is 0 Å². The van der Waals surface area contributed by atoms with Crippen molar-refractivity contribution >= 4 is 23.5 Å². The molecule has 0 saturated heterocycles. The zero-order valence-electron chi connectivity index (χ0n) is 14.1. The number of anilines is 2. The van der Waals surface area contributed by atoms with E-state index < -0.39 is 6.09 Å². The quantitative estimate of drug-likeness (QED) is 0.790. The second-order valence-electron chi connectivity index (χ2n) is 5.39. The van der Waals surface area contributed by atoms with E-state index in [4.69, 9.17) is 4.42 Å². The van der Waals surface area contributed by atoms with Crippen LogP contribution in [0.25, 0.3) is 0 Å². The Morgan fingerprint density at radius 2 is 1.79 bits per heavy atom. The number of aryl methyl sites for hydroxylation is 2. The molecule has 7 nitrogen and oxygen atoms in total. The summed E-state index contributed by atoms with van der Waals surface area (Å²) in [5.41, 5.74) is 2.01. The van der Waals surface area contributed by atoms with Crippen molar-refractivity contribution in [3.63, 3.8) is 0 Å². The molecule has 3 amide bonds. The number of methoxy groups -OCH3 is 1. The van der Waals surface area contributed by atoms with Crippen molar-refractivity contribution in [2.75, 3.05) is 17.7 Å². The van der Waals surface area contributed by atoms with Crippen LogP contribution in [0.2, 0.25) is 0 Å². The molecular formula is C17H21N3O4. The van der Waals surface area contributed by atoms with Gasteiger partial charge in [-0.05, 0) is 45.0 Å². The number of urea groups is 1. The van der Waals surface area contributed by atoms with Crippen LogP contribution in [0.3, 0.4) is 0 Å².